The minimum atomic E-state index is -0.676. The van der Waals surface area contributed by atoms with Crippen molar-refractivity contribution < 1.29 is 23.9 Å². The topological polar surface area (TPSA) is 72.9 Å². The van der Waals surface area contributed by atoms with E-state index >= 15 is 0 Å². The summed E-state index contributed by atoms with van der Waals surface area (Å²) in [7, 11) is 0. The smallest absolute Gasteiger partial charge is 0.416 e. The summed E-state index contributed by atoms with van der Waals surface area (Å²) in [5.41, 5.74) is -0.638. The molecule has 0 aliphatic carbocycles. The zero-order valence-electron chi connectivity index (χ0n) is 15.3. The van der Waals surface area contributed by atoms with Crippen LogP contribution in [0.15, 0.2) is 12.7 Å². The largest absolute Gasteiger partial charge is 0.460 e. The SMILES string of the molecule is C=CC[C@H](C(=O)N1CCOC1=O)[C@@H](CC(C)C)C(=O)OC(C)(C)C. The predicted molar refractivity (Wildman–Crippen MR) is 90.2 cm³/mol. The molecule has 24 heavy (non-hydrogen) atoms. The Balaban J connectivity index is 3.07. The van der Waals surface area contributed by atoms with Gasteiger partial charge in [-0.1, -0.05) is 19.9 Å². The molecule has 1 aliphatic heterocycles. The van der Waals surface area contributed by atoms with Gasteiger partial charge in [-0.05, 0) is 39.5 Å². The maximum Gasteiger partial charge on any atom is 0.416 e. The molecule has 0 bridgehead atoms. The first-order chi connectivity index (χ1) is 11.1. The van der Waals surface area contributed by atoms with Gasteiger partial charge in [0.15, 0.2) is 0 Å². The lowest BCUT2D eigenvalue weighted by Crippen LogP contribution is -2.43. The number of nitrogens with zero attached hydrogens (tertiary/aromatic N) is 1. The van der Waals surface area contributed by atoms with Crippen molar-refractivity contribution in [3.63, 3.8) is 0 Å². The van der Waals surface area contributed by atoms with Gasteiger partial charge in [-0.15, -0.1) is 6.58 Å². The van der Waals surface area contributed by atoms with Crippen molar-refractivity contribution in [2.45, 2.75) is 53.1 Å². The highest BCUT2D eigenvalue weighted by molar-refractivity contribution is 5.96. The van der Waals surface area contributed by atoms with Gasteiger partial charge in [0.25, 0.3) is 0 Å². The molecule has 1 heterocycles. The summed E-state index contributed by atoms with van der Waals surface area (Å²) in [4.78, 5) is 38.3. The monoisotopic (exact) mass is 339 g/mol. The van der Waals surface area contributed by atoms with Gasteiger partial charge in [0.2, 0.25) is 5.91 Å². The number of carbonyl (C=O) groups excluding carboxylic acids is 3. The highest BCUT2D eigenvalue weighted by atomic mass is 16.6. The van der Waals surface area contributed by atoms with Crippen molar-refractivity contribution in [1.82, 2.24) is 4.90 Å². The van der Waals surface area contributed by atoms with E-state index < -0.39 is 35.4 Å². The van der Waals surface area contributed by atoms with Crippen LogP contribution in [0, 0.1) is 17.8 Å². The average molecular weight is 339 g/mol. The Morgan fingerprint density at radius 2 is 1.96 bits per heavy atom. The zero-order chi connectivity index (χ0) is 18.5. The molecule has 0 radical (unpaired) electrons. The Morgan fingerprint density at radius 1 is 1.33 bits per heavy atom. The van der Waals surface area contributed by atoms with Crippen LogP contribution in [-0.2, 0) is 19.1 Å². The number of esters is 1. The molecule has 1 fully saturated rings. The van der Waals surface area contributed by atoms with Gasteiger partial charge in [0, 0.05) is 0 Å². The third-order valence-electron chi connectivity index (χ3n) is 3.69. The van der Waals surface area contributed by atoms with Crippen molar-refractivity contribution in [1.29, 1.82) is 0 Å². The first kappa shape index (κ1) is 20.2. The molecule has 2 amide bonds. The fourth-order valence-electron chi connectivity index (χ4n) is 2.72. The first-order valence-corrected chi connectivity index (χ1v) is 8.38. The number of imide groups is 1. The number of hydrogen-bond acceptors (Lipinski definition) is 5. The number of carbonyl (C=O) groups is 3. The van der Waals surface area contributed by atoms with Crippen LogP contribution in [-0.4, -0.2) is 41.6 Å². The second kappa shape index (κ2) is 8.31. The Hall–Kier alpha value is -1.85. The molecule has 0 aromatic carbocycles. The summed E-state index contributed by atoms with van der Waals surface area (Å²) < 4.78 is 10.3. The predicted octanol–water partition coefficient (Wildman–Crippen LogP) is 3.16. The maximum atomic E-state index is 12.8. The molecule has 0 aromatic rings. The number of cyclic esters (lactones) is 1. The van der Waals surface area contributed by atoms with E-state index in [0.717, 1.165) is 4.90 Å². The van der Waals surface area contributed by atoms with Crippen LogP contribution in [0.25, 0.3) is 0 Å². The Kier molecular flexibility index (Phi) is 6.99. The van der Waals surface area contributed by atoms with Crippen molar-refractivity contribution in [3.05, 3.63) is 12.7 Å². The summed E-state index contributed by atoms with van der Waals surface area (Å²) in [6, 6.07) is 0. The first-order valence-electron chi connectivity index (χ1n) is 8.38. The van der Waals surface area contributed by atoms with Gasteiger partial charge in [0.05, 0.1) is 18.4 Å². The van der Waals surface area contributed by atoms with Gasteiger partial charge < -0.3 is 9.47 Å². The van der Waals surface area contributed by atoms with Gasteiger partial charge in [-0.3, -0.25) is 9.59 Å². The van der Waals surface area contributed by atoms with E-state index in [1.54, 1.807) is 26.8 Å². The second-order valence-electron chi connectivity index (χ2n) is 7.50. The molecule has 0 N–H and O–H groups in total. The van der Waals surface area contributed by atoms with Gasteiger partial charge in [0.1, 0.15) is 12.2 Å². The third-order valence-corrected chi connectivity index (χ3v) is 3.69. The molecule has 0 saturated carbocycles. The number of allylic oxidation sites excluding steroid dienone is 1. The van der Waals surface area contributed by atoms with Crippen LogP contribution < -0.4 is 0 Å². The Morgan fingerprint density at radius 3 is 2.38 bits per heavy atom. The van der Waals surface area contributed by atoms with E-state index in [1.165, 1.54) is 0 Å². The quantitative estimate of drug-likeness (QED) is 0.526. The maximum absolute atomic E-state index is 12.8. The molecule has 6 nitrogen and oxygen atoms in total. The summed E-state index contributed by atoms with van der Waals surface area (Å²) >= 11 is 0. The molecule has 0 spiro atoms. The lowest BCUT2D eigenvalue weighted by atomic mass is 9.82. The van der Waals surface area contributed by atoms with E-state index in [0.29, 0.717) is 12.8 Å². The lowest BCUT2D eigenvalue weighted by molar-refractivity contribution is -0.165. The molecular formula is C18H29NO5. The highest BCUT2D eigenvalue weighted by Crippen LogP contribution is 2.29. The van der Waals surface area contributed by atoms with Crippen molar-refractivity contribution in [2.75, 3.05) is 13.2 Å². The molecule has 2 atom stereocenters. The normalized spacial score (nSPS) is 17.4. The van der Waals surface area contributed by atoms with E-state index in [-0.39, 0.29) is 19.1 Å². The van der Waals surface area contributed by atoms with Crippen LogP contribution in [0.5, 0.6) is 0 Å². The standard InChI is InChI=1S/C18H29NO5/c1-7-8-13(15(20)19-9-10-23-17(19)22)14(11-12(2)3)16(21)24-18(4,5)6/h7,12-14H,1,8-11H2,2-6H3/t13-,14+/m0/s1. The van der Waals surface area contributed by atoms with Gasteiger partial charge in [-0.2, -0.15) is 0 Å². The van der Waals surface area contributed by atoms with Gasteiger partial charge in [-0.25, -0.2) is 9.69 Å². The summed E-state index contributed by atoms with van der Waals surface area (Å²) in [5.74, 6) is -1.90. The zero-order valence-corrected chi connectivity index (χ0v) is 15.3. The van der Waals surface area contributed by atoms with Crippen molar-refractivity contribution >= 4 is 18.0 Å². The molecule has 1 saturated heterocycles. The van der Waals surface area contributed by atoms with E-state index in [9.17, 15) is 14.4 Å². The Bertz CT molecular complexity index is 492. The number of ether oxygens (including phenoxy) is 2. The number of hydrogen-bond donors (Lipinski definition) is 0. The highest BCUT2D eigenvalue weighted by Gasteiger charge is 2.41. The molecule has 0 aromatic heterocycles. The second-order valence-corrected chi connectivity index (χ2v) is 7.50. The Labute approximate surface area is 144 Å². The summed E-state index contributed by atoms with van der Waals surface area (Å²) in [5, 5.41) is 0. The fraction of sp³-hybridized carbons (Fsp3) is 0.722. The number of rotatable bonds is 7. The van der Waals surface area contributed by atoms with Crippen LogP contribution in [0.3, 0.4) is 0 Å². The molecule has 0 unspecified atom stereocenters. The van der Waals surface area contributed by atoms with Crippen LogP contribution in [0.4, 0.5) is 4.79 Å². The van der Waals surface area contributed by atoms with Crippen molar-refractivity contribution in [3.8, 4) is 0 Å². The summed E-state index contributed by atoms with van der Waals surface area (Å²) in [6.07, 6.45) is 1.75. The van der Waals surface area contributed by atoms with Gasteiger partial charge >= 0.3 is 12.1 Å². The minimum Gasteiger partial charge on any atom is -0.460 e. The average Bonchev–Trinajstić information content (AvgIpc) is 2.86. The van der Waals surface area contributed by atoms with Crippen LogP contribution in [0.2, 0.25) is 0 Å². The van der Waals surface area contributed by atoms with Crippen LogP contribution in [0.1, 0.15) is 47.5 Å². The molecule has 1 aliphatic rings. The third kappa shape index (κ3) is 5.65. The lowest BCUT2D eigenvalue weighted by Gasteiger charge is -2.30. The fourth-order valence-corrected chi connectivity index (χ4v) is 2.72. The molecule has 136 valence electrons. The van der Waals surface area contributed by atoms with Crippen molar-refractivity contribution in [2.24, 2.45) is 17.8 Å². The molecular weight excluding hydrogens is 310 g/mol. The van der Waals surface area contributed by atoms with E-state index in [1.807, 2.05) is 13.8 Å². The molecule has 1 rings (SSSR count). The minimum absolute atomic E-state index is 0.187. The van der Waals surface area contributed by atoms with E-state index in [2.05, 4.69) is 6.58 Å². The van der Waals surface area contributed by atoms with Crippen LogP contribution >= 0.6 is 0 Å². The number of amides is 2. The summed E-state index contributed by atoms with van der Waals surface area (Å²) in [6.45, 7) is 13.4. The van der Waals surface area contributed by atoms with E-state index in [4.69, 9.17) is 9.47 Å². The molecule has 6 heteroatoms.